The number of benzene rings is 1. The largest absolute Gasteiger partial charge is 0.405 e. The number of nitro benzene ring substituents is 1. The van der Waals surface area contributed by atoms with Gasteiger partial charge in [-0.25, -0.2) is 0 Å². The van der Waals surface area contributed by atoms with Crippen molar-refractivity contribution in [1.29, 1.82) is 0 Å². The minimum Gasteiger partial charge on any atom is -0.405 e. The van der Waals surface area contributed by atoms with Crippen molar-refractivity contribution in [3.8, 4) is 0 Å². The highest BCUT2D eigenvalue weighted by molar-refractivity contribution is 6.31. The van der Waals surface area contributed by atoms with E-state index in [1.54, 1.807) is 24.3 Å². The molecule has 1 atom stereocenters. The minimum atomic E-state index is -0.417. The van der Waals surface area contributed by atoms with E-state index in [1.165, 1.54) is 12.3 Å². The van der Waals surface area contributed by atoms with E-state index in [2.05, 4.69) is 5.32 Å². The average Bonchev–Trinajstić information content (AvgIpc) is 2.44. The number of nitrogens with two attached hydrogens (primary N) is 1. The van der Waals surface area contributed by atoms with Crippen LogP contribution in [0.2, 0.25) is 0 Å². The number of rotatable bonds is 4. The molecule has 110 valence electrons. The molecule has 0 amide bonds. The van der Waals surface area contributed by atoms with Gasteiger partial charge in [0.15, 0.2) is 0 Å². The quantitative estimate of drug-likeness (QED) is 0.653. The second-order valence-electron chi connectivity index (χ2n) is 5.03. The molecule has 1 aromatic carbocycles. The Morgan fingerprint density at radius 3 is 2.86 bits per heavy atom. The topological polar surface area (TPSA) is 81.2 Å². The van der Waals surface area contributed by atoms with E-state index in [4.69, 9.17) is 17.3 Å². The molecule has 0 bridgehead atoms. The van der Waals surface area contributed by atoms with Gasteiger partial charge in [0, 0.05) is 22.2 Å². The monoisotopic (exact) mass is 305 g/mol. The third kappa shape index (κ3) is 3.25. The molecule has 3 N–H and O–H groups in total. The summed E-state index contributed by atoms with van der Waals surface area (Å²) in [6.07, 6.45) is 7.65. The molecule has 0 fully saturated rings. The van der Waals surface area contributed by atoms with E-state index >= 15 is 0 Å². The highest BCUT2D eigenvalue weighted by Crippen LogP contribution is 2.40. The van der Waals surface area contributed by atoms with Crippen LogP contribution in [0.1, 0.15) is 13.3 Å². The molecular weight excluding hydrogens is 290 g/mol. The fourth-order valence-electron chi connectivity index (χ4n) is 2.21. The first kappa shape index (κ1) is 15.1. The SMILES string of the molecule is CC1(/C=C/N)CC=C(Cl)C=C1Nc1ccccc1[N+](=O)[O-]. The molecule has 1 unspecified atom stereocenters. The molecular formula is C15H16ClN3O2. The van der Waals surface area contributed by atoms with Crippen molar-refractivity contribution in [2.24, 2.45) is 11.1 Å². The zero-order valence-corrected chi connectivity index (χ0v) is 12.3. The summed E-state index contributed by atoms with van der Waals surface area (Å²) in [5.74, 6) is 0. The van der Waals surface area contributed by atoms with Crippen molar-refractivity contribution in [3.05, 3.63) is 69.5 Å². The van der Waals surface area contributed by atoms with Crippen molar-refractivity contribution in [2.75, 3.05) is 5.32 Å². The zero-order chi connectivity index (χ0) is 15.5. The molecule has 5 nitrogen and oxygen atoms in total. The summed E-state index contributed by atoms with van der Waals surface area (Å²) >= 11 is 6.06. The number of hydrogen-bond donors (Lipinski definition) is 2. The second kappa shape index (κ2) is 6.01. The maximum absolute atomic E-state index is 11.1. The van der Waals surface area contributed by atoms with Gasteiger partial charge in [0.05, 0.1) is 4.92 Å². The predicted octanol–water partition coefficient (Wildman–Crippen LogP) is 3.90. The van der Waals surface area contributed by atoms with Gasteiger partial charge in [-0.15, -0.1) is 0 Å². The Kier molecular flexibility index (Phi) is 4.33. The number of hydrogen-bond acceptors (Lipinski definition) is 4. The van der Waals surface area contributed by atoms with Gasteiger partial charge >= 0.3 is 0 Å². The molecule has 2 rings (SSSR count). The zero-order valence-electron chi connectivity index (χ0n) is 11.5. The van der Waals surface area contributed by atoms with Gasteiger partial charge in [0.2, 0.25) is 0 Å². The lowest BCUT2D eigenvalue weighted by Gasteiger charge is -2.31. The lowest BCUT2D eigenvalue weighted by atomic mass is 9.80. The van der Waals surface area contributed by atoms with E-state index in [0.29, 0.717) is 17.1 Å². The van der Waals surface area contributed by atoms with Crippen LogP contribution in [0.25, 0.3) is 0 Å². The molecule has 1 aromatic rings. The Bertz CT molecular complexity index is 652. The van der Waals surface area contributed by atoms with E-state index < -0.39 is 4.92 Å². The number of nitro groups is 1. The number of allylic oxidation sites excluding steroid dienone is 4. The van der Waals surface area contributed by atoms with E-state index in [-0.39, 0.29) is 11.1 Å². The molecule has 0 aliphatic heterocycles. The van der Waals surface area contributed by atoms with Crippen LogP contribution in [0.15, 0.2) is 59.4 Å². The maximum Gasteiger partial charge on any atom is 0.292 e. The molecule has 1 aliphatic carbocycles. The molecule has 0 saturated heterocycles. The van der Waals surface area contributed by atoms with Gasteiger partial charge in [-0.05, 0) is 24.8 Å². The van der Waals surface area contributed by atoms with Crippen LogP contribution in [0.5, 0.6) is 0 Å². The lowest BCUT2D eigenvalue weighted by Crippen LogP contribution is -2.24. The highest BCUT2D eigenvalue weighted by Gasteiger charge is 2.29. The van der Waals surface area contributed by atoms with Crippen molar-refractivity contribution in [1.82, 2.24) is 0 Å². The molecule has 0 aromatic heterocycles. The summed E-state index contributed by atoms with van der Waals surface area (Å²) in [6, 6.07) is 6.49. The molecule has 6 heteroatoms. The summed E-state index contributed by atoms with van der Waals surface area (Å²) in [5, 5.41) is 14.8. The normalized spacial score (nSPS) is 21.8. The van der Waals surface area contributed by atoms with E-state index in [0.717, 1.165) is 5.70 Å². The minimum absolute atomic E-state index is 0.0168. The molecule has 0 radical (unpaired) electrons. The Balaban J connectivity index is 2.41. The van der Waals surface area contributed by atoms with Crippen LogP contribution >= 0.6 is 11.6 Å². The first-order valence-corrected chi connectivity index (χ1v) is 6.82. The first-order valence-electron chi connectivity index (χ1n) is 6.44. The Labute approximate surface area is 127 Å². The van der Waals surface area contributed by atoms with Crippen molar-refractivity contribution < 1.29 is 4.92 Å². The summed E-state index contributed by atoms with van der Waals surface area (Å²) in [6.45, 7) is 1.99. The van der Waals surface area contributed by atoms with Gasteiger partial charge in [0.25, 0.3) is 5.69 Å². The summed E-state index contributed by atoms with van der Waals surface area (Å²) in [5.41, 5.74) is 6.35. The summed E-state index contributed by atoms with van der Waals surface area (Å²) in [7, 11) is 0. The Morgan fingerprint density at radius 1 is 1.48 bits per heavy atom. The van der Waals surface area contributed by atoms with Crippen molar-refractivity contribution >= 4 is 23.0 Å². The van der Waals surface area contributed by atoms with Crippen LogP contribution < -0.4 is 11.1 Å². The highest BCUT2D eigenvalue weighted by atomic mass is 35.5. The van der Waals surface area contributed by atoms with E-state index in [1.807, 2.05) is 19.1 Å². The first-order chi connectivity index (χ1) is 9.96. The van der Waals surface area contributed by atoms with Crippen LogP contribution in [0.4, 0.5) is 11.4 Å². The maximum atomic E-state index is 11.1. The van der Waals surface area contributed by atoms with Crippen molar-refractivity contribution in [2.45, 2.75) is 13.3 Å². The third-order valence-corrected chi connectivity index (χ3v) is 3.72. The van der Waals surface area contributed by atoms with Gasteiger partial charge in [0.1, 0.15) is 5.69 Å². The number of nitrogens with one attached hydrogen (secondary N) is 1. The molecule has 21 heavy (non-hydrogen) atoms. The van der Waals surface area contributed by atoms with Crippen LogP contribution in [0, 0.1) is 15.5 Å². The molecule has 1 aliphatic rings. The van der Waals surface area contributed by atoms with Gasteiger partial charge in [-0.3, -0.25) is 10.1 Å². The van der Waals surface area contributed by atoms with Crippen molar-refractivity contribution in [3.63, 3.8) is 0 Å². The molecule has 0 saturated carbocycles. The Hall–Kier alpha value is -2.27. The van der Waals surface area contributed by atoms with E-state index in [9.17, 15) is 10.1 Å². The Morgan fingerprint density at radius 2 is 2.19 bits per heavy atom. The fourth-order valence-corrected chi connectivity index (χ4v) is 2.40. The van der Waals surface area contributed by atoms with Gasteiger partial charge in [-0.1, -0.05) is 42.8 Å². The number of nitrogens with zero attached hydrogens (tertiary/aromatic N) is 1. The van der Waals surface area contributed by atoms with Crippen LogP contribution in [-0.2, 0) is 0 Å². The number of halogens is 1. The average molecular weight is 306 g/mol. The van der Waals surface area contributed by atoms with Gasteiger partial charge < -0.3 is 11.1 Å². The smallest absolute Gasteiger partial charge is 0.292 e. The summed E-state index contributed by atoms with van der Waals surface area (Å²) in [4.78, 5) is 10.7. The summed E-state index contributed by atoms with van der Waals surface area (Å²) < 4.78 is 0. The number of para-hydroxylation sites is 2. The van der Waals surface area contributed by atoms with Crippen LogP contribution in [-0.4, -0.2) is 4.92 Å². The lowest BCUT2D eigenvalue weighted by molar-refractivity contribution is -0.383. The third-order valence-electron chi connectivity index (χ3n) is 3.45. The molecule has 0 spiro atoms. The predicted molar refractivity (Wildman–Crippen MR) is 84.8 cm³/mol. The van der Waals surface area contributed by atoms with Crippen LogP contribution in [0.3, 0.4) is 0 Å². The number of anilines is 1. The standard InChI is InChI=1S/C15H16ClN3O2/c1-15(8-9-17)7-6-11(16)10-14(15)18-12-4-2-3-5-13(12)19(20)21/h2-6,8-10,18H,7,17H2,1H3/b9-8+. The molecule has 0 heterocycles. The fraction of sp³-hybridized carbons (Fsp3) is 0.200. The second-order valence-corrected chi connectivity index (χ2v) is 5.46. The van der Waals surface area contributed by atoms with Gasteiger partial charge in [-0.2, -0.15) is 0 Å².